The van der Waals surface area contributed by atoms with Crippen molar-refractivity contribution in [2.75, 3.05) is 5.73 Å². The maximum atomic E-state index is 10.8. The molecule has 2 N–H and O–H groups in total. The van der Waals surface area contributed by atoms with Gasteiger partial charge in [0.15, 0.2) is 0 Å². The largest absolute Gasteiger partial charge is 0.367 e. The van der Waals surface area contributed by atoms with Crippen LogP contribution in [0.2, 0.25) is 0 Å². The van der Waals surface area contributed by atoms with Crippen LogP contribution in [0.25, 0.3) is 21.7 Å². The van der Waals surface area contributed by atoms with Gasteiger partial charge in [-0.3, -0.25) is 10.1 Å². The van der Waals surface area contributed by atoms with Gasteiger partial charge in [0.25, 0.3) is 5.69 Å². The molecule has 6 nitrogen and oxygen atoms in total. The second-order valence-electron chi connectivity index (χ2n) is 4.06. The molecule has 2 heterocycles. The highest BCUT2D eigenvalue weighted by Crippen LogP contribution is 2.39. The summed E-state index contributed by atoms with van der Waals surface area (Å²) in [4.78, 5) is 11.3. The molecule has 100 valence electrons. The molecule has 0 bridgehead atoms. The number of non-ortho nitro benzene ring substituents is 1. The van der Waals surface area contributed by atoms with Gasteiger partial charge in [-0.2, -0.15) is 0 Å². The maximum Gasteiger partial charge on any atom is 0.270 e. The highest BCUT2D eigenvalue weighted by atomic mass is 32.1. The smallest absolute Gasteiger partial charge is 0.270 e. The van der Waals surface area contributed by atoms with Crippen molar-refractivity contribution in [3.63, 3.8) is 0 Å². The molecule has 0 saturated carbocycles. The Morgan fingerprint density at radius 2 is 2.15 bits per heavy atom. The molecule has 20 heavy (non-hydrogen) atoms. The second-order valence-corrected chi connectivity index (χ2v) is 5.00. The van der Waals surface area contributed by atoms with Crippen molar-refractivity contribution in [2.24, 2.45) is 0 Å². The molecule has 0 saturated heterocycles. The lowest BCUT2D eigenvalue weighted by Gasteiger charge is -2.00. The first-order valence-electron chi connectivity index (χ1n) is 5.70. The molecule has 1 aromatic carbocycles. The van der Waals surface area contributed by atoms with Gasteiger partial charge in [-0.1, -0.05) is 23.4 Å². The van der Waals surface area contributed by atoms with Crippen LogP contribution >= 0.6 is 11.3 Å². The molecule has 0 fully saturated rings. The van der Waals surface area contributed by atoms with E-state index < -0.39 is 4.92 Å². The van der Waals surface area contributed by atoms with E-state index in [4.69, 9.17) is 10.3 Å². The average molecular weight is 287 g/mol. The lowest BCUT2D eigenvalue weighted by molar-refractivity contribution is -0.384. The topological polar surface area (TPSA) is 95.2 Å². The zero-order valence-corrected chi connectivity index (χ0v) is 11.0. The molecule has 2 aromatic heterocycles. The van der Waals surface area contributed by atoms with Gasteiger partial charge in [0.2, 0.25) is 5.88 Å². The third-order valence-electron chi connectivity index (χ3n) is 2.82. The van der Waals surface area contributed by atoms with Crippen molar-refractivity contribution >= 4 is 22.9 Å². The average Bonchev–Trinajstić information content (AvgIpc) is 3.07. The summed E-state index contributed by atoms with van der Waals surface area (Å²) in [6, 6.07) is 10.0. The van der Waals surface area contributed by atoms with Crippen LogP contribution in [0, 0.1) is 10.1 Å². The molecular weight excluding hydrogens is 278 g/mol. The van der Waals surface area contributed by atoms with Crippen LogP contribution in [0.3, 0.4) is 0 Å². The Morgan fingerprint density at radius 3 is 2.85 bits per heavy atom. The summed E-state index contributed by atoms with van der Waals surface area (Å²) < 4.78 is 5.04. The van der Waals surface area contributed by atoms with Crippen molar-refractivity contribution < 1.29 is 9.45 Å². The van der Waals surface area contributed by atoms with E-state index in [-0.39, 0.29) is 11.6 Å². The van der Waals surface area contributed by atoms with E-state index in [1.165, 1.54) is 23.5 Å². The van der Waals surface area contributed by atoms with Crippen molar-refractivity contribution in [1.82, 2.24) is 5.16 Å². The first-order valence-corrected chi connectivity index (χ1v) is 6.58. The summed E-state index contributed by atoms with van der Waals surface area (Å²) >= 11 is 1.50. The number of hydrogen-bond donors (Lipinski definition) is 1. The standard InChI is InChI=1S/C13H9N3O3S/c14-13-11(10-5-2-6-20-10)12(15-19-13)8-3-1-4-9(7-8)16(17)18/h1-7H,14H2. The Morgan fingerprint density at radius 1 is 1.30 bits per heavy atom. The van der Waals surface area contributed by atoms with Crippen LogP contribution in [0.15, 0.2) is 46.3 Å². The van der Waals surface area contributed by atoms with Crippen LogP contribution in [-0.2, 0) is 0 Å². The molecule has 0 spiro atoms. The number of nitrogens with two attached hydrogens (primary N) is 1. The Kier molecular flexibility index (Phi) is 2.96. The highest BCUT2D eigenvalue weighted by Gasteiger charge is 2.19. The monoisotopic (exact) mass is 287 g/mol. The summed E-state index contributed by atoms with van der Waals surface area (Å²) in [6.07, 6.45) is 0. The molecule has 0 radical (unpaired) electrons. The fourth-order valence-corrected chi connectivity index (χ4v) is 2.70. The molecule has 0 aliphatic rings. The van der Waals surface area contributed by atoms with E-state index in [0.717, 1.165) is 4.88 Å². The summed E-state index contributed by atoms with van der Waals surface area (Å²) in [5.41, 5.74) is 7.59. The molecule has 0 atom stereocenters. The first kappa shape index (κ1) is 12.4. The zero-order chi connectivity index (χ0) is 14.1. The molecule has 3 aromatic rings. The van der Waals surface area contributed by atoms with Gasteiger partial charge in [0, 0.05) is 22.6 Å². The van der Waals surface area contributed by atoms with Gasteiger partial charge in [-0.05, 0) is 11.4 Å². The van der Waals surface area contributed by atoms with Gasteiger partial charge in [0.05, 0.1) is 10.5 Å². The molecule has 7 heteroatoms. The Balaban J connectivity index is 2.16. The number of hydrogen-bond acceptors (Lipinski definition) is 6. The molecule has 0 unspecified atom stereocenters. The van der Waals surface area contributed by atoms with Gasteiger partial charge < -0.3 is 10.3 Å². The number of anilines is 1. The van der Waals surface area contributed by atoms with Gasteiger partial charge in [0.1, 0.15) is 5.69 Å². The van der Waals surface area contributed by atoms with Crippen molar-refractivity contribution in [2.45, 2.75) is 0 Å². The van der Waals surface area contributed by atoms with Crippen LogP contribution in [-0.4, -0.2) is 10.1 Å². The number of aromatic nitrogens is 1. The van der Waals surface area contributed by atoms with Crippen LogP contribution in [0.5, 0.6) is 0 Å². The van der Waals surface area contributed by atoms with Gasteiger partial charge in [-0.15, -0.1) is 11.3 Å². The lowest BCUT2D eigenvalue weighted by atomic mass is 10.1. The fraction of sp³-hybridized carbons (Fsp3) is 0. The number of rotatable bonds is 3. The van der Waals surface area contributed by atoms with Crippen LogP contribution < -0.4 is 5.73 Å². The minimum atomic E-state index is -0.447. The summed E-state index contributed by atoms with van der Waals surface area (Å²) in [5, 5.41) is 16.7. The molecule has 0 aliphatic heterocycles. The summed E-state index contributed by atoms with van der Waals surface area (Å²) in [5.74, 6) is 0.203. The van der Waals surface area contributed by atoms with E-state index in [1.807, 2.05) is 17.5 Å². The number of nitrogens with zero attached hydrogens (tertiary/aromatic N) is 2. The predicted molar refractivity (Wildman–Crippen MR) is 76.3 cm³/mol. The number of thiophene rings is 1. The minimum absolute atomic E-state index is 0.00111. The number of nitro groups is 1. The molecular formula is C13H9N3O3S. The third kappa shape index (κ3) is 2.04. The second kappa shape index (κ2) is 4.78. The normalized spacial score (nSPS) is 10.6. The minimum Gasteiger partial charge on any atom is -0.367 e. The van der Waals surface area contributed by atoms with Gasteiger partial charge >= 0.3 is 0 Å². The maximum absolute atomic E-state index is 10.8. The van der Waals surface area contributed by atoms with E-state index >= 15 is 0 Å². The van der Waals surface area contributed by atoms with Crippen LogP contribution in [0.4, 0.5) is 11.6 Å². The van der Waals surface area contributed by atoms with Crippen LogP contribution in [0.1, 0.15) is 0 Å². The Hall–Kier alpha value is -2.67. The number of nitrogen functional groups attached to an aromatic ring is 1. The zero-order valence-electron chi connectivity index (χ0n) is 10.1. The van der Waals surface area contributed by atoms with Crippen molar-refractivity contribution in [3.8, 4) is 21.7 Å². The van der Waals surface area contributed by atoms with E-state index in [2.05, 4.69) is 5.16 Å². The van der Waals surface area contributed by atoms with Crippen molar-refractivity contribution in [3.05, 3.63) is 51.9 Å². The molecule has 0 amide bonds. The Bertz CT molecular complexity index is 765. The third-order valence-corrected chi connectivity index (χ3v) is 3.70. The SMILES string of the molecule is Nc1onc(-c2cccc([N+](=O)[O-])c2)c1-c1cccs1. The number of nitro benzene ring substituents is 1. The quantitative estimate of drug-likeness (QED) is 0.587. The molecule has 3 rings (SSSR count). The summed E-state index contributed by atoms with van der Waals surface area (Å²) in [6.45, 7) is 0. The highest BCUT2D eigenvalue weighted by molar-refractivity contribution is 7.13. The van der Waals surface area contributed by atoms with E-state index in [0.29, 0.717) is 16.8 Å². The lowest BCUT2D eigenvalue weighted by Crippen LogP contribution is -1.89. The number of benzene rings is 1. The molecule has 0 aliphatic carbocycles. The van der Waals surface area contributed by atoms with Gasteiger partial charge in [-0.25, -0.2) is 0 Å². The Labute approximate surface area is 117 Å². The predicted octanol–water partition coefficient (Wildman–Crippen LogP) is 3.56. The fourth-order valence-electron chi connectivity index (χ4n) is 1.93. The van der Waals surface area contributed by atoms with Crippen molar-refractivity contribution in [1.29, 1.82) is 0 Å². The van der Waals surface area contributed by atoms with E-state index in [1.54, 1.807) is 12.1 Å². The first-order chi connectivity index (χ1) is 9.66. The summed E-state index contributed by atoms with van der Waals surface area (Å²) in [7, 11) is 0. The van der Waals surface area contributed by atoms with E-state index in [9.17, 15) is 10.1 Å².